The van der Waals surface area contributed by atoms with Crippen molar-refractivity contribution in [2.75, 3.05) is 19.7 Å². The van der Waals surface area contributed by atoms with Crippen LogP contribution in [0.1, 0.15) is 46.5 Å². The van der Waals surface area contributed by atoms with Gasteiger partial charge in [-0.3, -0.25) is 9.59 Å². The van der Waals surface area contributed by atoms with E-state index in [1.165, 1.54) is 0 Å². The highest BCUT2D eigenvalue weighted by molar-refractivity contribution is 5.81. The lowest BCUT2D eigenvalue weighted by molar-refractivity contribution is -0.151. The lowest BCUT2D eigenvalue weighted by Crippen LogP contribution is -2.42. The van der Waals surface area contributed by atoms with Gasteiger partial charge in [0, 0.05) is 26.1 Å². The summed E-state index contributed by atoms with van der Waals surface area (Å²) in [4.78, 5) is 25.7. The smallest absolute Gasteiger partial charge is 0.311 e. The fourth-order valence-corrected chi connectivity index (χ4v) is 3.53. The van der Waals surface area contributed by atoms with E-state index in [9.17, 15) is 14.7 Å². The highest BCUT2D eigenvalue weighted by atomic mass is 16.5. The van der Waals surface area contributed by atoms with Gasteiger partial charge in [0.2, 0.25) is 5.91 Å². The molecule has 2 rings (SSSR count). The van der Waals surface area contributed by atoms with E-state index in [-0.39, 0.29) is 11.8 Å². The predicted octanol–water partition coefficient (Wildman–Crippen LogP) is 2.15. The van der Waals surface area contributed by atoms with Crippen LogP contribution in [0.2, 0.25) is 0 Å². The Balaban J connectivity index is 1.84. The Morgan fingerprint density at radius 2 is 2.05 bits per heavy atom. The highest BCUT2D eigenvalue weighted by Crippen LogP contribution is 2.39. The summed E-state index contributed by atoms with van der Waals surface area (Å²) in [7, 11) is 0. The molecule has 1 atom stereocenters. The van der Waals surface area contributed by atoms with Gasteiger partial charge in [-0.2, -0.15) is 0 Å². The number of ether oxygens (including phenoxy) is 1. The molecule has 1 amide bonds. The molecule has 120 valence electrons. The first-order valence-corrected chi connectivity index (χ1v) is 8.01. The van der Waals surface area contributed by atoms with Gasteiger partial charge >= 0.3 is 5.97 Å². The number of amides is 1. The zero-order valence-corrected chi connectivity index (χ0v) is 13.3. The molecule has 1 saturated heterocycles. The number of carbonyl (C=O) groups is 2. The number of hydrogen-bond donors (Lipinski definition) is 1. The number of nitrogens with zero attached hydrogens (tertiary/aromatic N) is 1. The Morgan fingerprint density at radius 1 is 1.38 bits per heavy atom. The average Bonchev–Trinajstić information content (AvgIpc) is 2.82. The quantitative estimate of drug-likeness (QED) is 0.816. The Morgan fingerprint density at radius 3 is 2.52 bits per heavy atom. The monoisotopic (exact) mass is 297 g/mol. The lowest BCUT2D eigenvalue weighted by atomic mass is 9.76. The number of likely N-dealkylation sites (tertiary alicyclic amines) is 1. The molecule has 1 heterocycles. The maximum atomic E-state index is 12.3. The maximum absolute atomic E-state index is 12.3. The average molecular weight is 297 g/mol. The van der Waals surface area contributed by atoms with Crippen LogP contribution in [0.5, 0.6) is 0 Å². The van der Waals surface area contributed by atoms with Crippen molar-refractivity contribution in [3.8, 4) is 0 Å². The van der Waals surface area contributed by atoms with Gasteiger partial charge in [0.25, 0.3) is 0 Å². The maximum Gasteiger partial charge on any atom is 0.311 e. The van der Waals surface area contributed by atoms with Crippen molar-refractivity contribution in [1.29, 1.82) is 0 Å². The molecule has 2 aliphatic rings. The molecular weight excluding hydrogens is 270 g/mol. The highest BCUT2D eigenvalue weighted by Gasteiger charge is 2.48. The van der Waals surface area contributed by atoms with E-state index in [2.05, 4.69) is 0 Å². The minimum atomic E-state index is -0.771. The normalized spacial score (nSPS) is 32.3. The minimum absolute atomic E-state index is 0.0406. The van der Waals surface area contributed by atoms with Crippen LogP contribution in [0.25, 0.3) is 0 Å². The van der Waals surface area contributed by atoms with Crippen LogP contribution in [-0.2, 0) is 14.3 Å². The number of carbonyl (C=O) groups excluding carboxylic acids is 1. The summed E-state index contributed by atoms with van der Waals surface area (Å²) in [6, 6.07) is 0. The molecule has 1 aliphatic heterocycles. The van der Waals surface area contributed by atoms with E-state index in [0.717, 1.165) is 19.4 Å². The fourth-order valence-electron chi connectivity index (χ4n) is 3.53. The molecule has 0 aromatic rings. The molecule has 1 saturated carbocycles. The van der Waals surface area contributed by atoms with Gasteiger partial charge in [-0.25, -0.2) is 0 Å². The third-order valence-electron chi connectivity index (χ3n) is 5.24. The summed E-state index contributed by atoms with van der Waals surface area (Å²) < 4.78 is 5.51. The zero-order chi connectivity index (χ0) is 15.6. The standard InChI is InChI=1S/C16H27NO4/c1-4-21-13-7-12(8-13)9-14(18)17-6-5-16(10-17,11(2)3)15(19)20/h11-13H,4-10H2,1-3H3,(H,19,20). The van der Waals surface area contributed by atoms with E-state index < -0.39 is 11.4 Å². The summed E-state index contributed by atoms with van der Waals surface area (Å²) in [5.41, 5.74) is -0.761. The van der Waals surface area contributed by atoms with Gasteiger partial charge in [-0.15, -0.1) is 0 Å². The van der Waals surface area contributed by atoms with Gasteiger partial charge < -0.3 is 14.7 Å². The summed E-state index contributed by atoms with van der Waals surface area (Å²) in [5.74, 6) is -0.210. The fraction of sp³-hybridized carbons (Fsp3) is 0.875. The molecule has 0 radical (unpaired) electrons. The lowest BCUT2D eigenvalue weighted by Gasteiger charge is -2.35. The second-order valence-corrected chi connectivity index (χ2v) is 6.80. The van der Waals surface area contributed by atoms with Crippen molar-refractivity contribution in [2.45, 2.75) is 52.6 Å². The molecular formula is C16H27NO4. The summed E-state index contributed by atoms with van der Waals surface area (Å²) in [6.07, 6.45) is 3.35. The van der Waals surface area contributed by atoms with E-state index in [1.54, 1.807) is 4.90 Å². The van der Waals surface area contributed by atoms with E-state index >= 15 is 0 Å². The van der Waals surface area contributed by atoms with Crippen molar-refractivity contribution in [2.24, 2.45) is 17.3 Å². The molecule has 2 fully saturated rings. The topological polar surface area (TPSA) is 66.8 Å². The van der Waals surface area contributed by atoms with Crippen molar-refractivity contribution in [3.05, 3.63) is 0 Å². The molecule has 5 nitrogen and oxygen atoms in total. The Hall–Kier alpha value is -1.10. The molecule has 1 unspecified atom stereocenters. The van der Waals surface area contributed by atoms with Crippen LogP contribution in [0.15, 0.2) is 0 Å². The summed E-state index contributed by atoms with van der Waals surface area (Å²) in [6.45, 7) is 7.51. The number of rotatable bonds is 6. The van der Waals surface area contributed by atoms with Gasteiger partial charge in [-0.1, -0.05) is 13.8 Å². The first kappa shape index (κ1) is 16.3. The zero-order valence-electron chi connectivity index (χ0n) is 13.3. The van der Waals surface area contributed by atoms with Crippen LogP contribution in [0.3, 0.4) is 0 Å². The molecule has 5 heteroatoms. The van der Waals surface area contributed by atoms with E-state index in [0.29, 0.717) is 38.0 Å². The van der Waals surface area contributed by atoms with Gasteiger partial charge in [-0.05, 0) is 38.0 Å². The second-order valence-electron chi connectivity index (χ2n) is 6.80. The molecule has 1 aliphatic carbocycles. The van der Waals surface area contributed by atoms with Gasteiger partial charge in [0.05, 0.1) is 11.5 Å². The minimum Gasteiger partial charge on any atom is -0.481 e. The van der Waals surface area contributed by atoms with Crippen molar-refractivity contribution in [3.63, 3.8) is 0 Å². The van der Waals surface area contributed by atoms with Crippen LogP contribution in [-0.4, -0.2) is 47.7 Å². The van der Waals surface area contributed by atoms with Gasteiger partial charge in [0.15, 0.2) is 0 Å². The van der Waals surface area contributed by atoms with Gasteiger partial charge in [0.1, 0.15) is 0 Å². The molecule has 1 N–H and O–H groups in total. The van der Waals surface area contributed by atoms with Crippen molar-refractivity contribution in [1.82, 2.24) is 4.90 Å². The third-order valence-corrected chi connectivity index (χ3v) is 5.24. The first-order chi connectivity index (χ1) is 9.89. The molecule has 0 bridgehead atoms. The van der Waals surface area contributed by atoms with Crippen LogP contribution >= 0.6 is 0 Å². The van der Waals surface area contributed by atoms with Crippen molar-refractivity contribution >= 4 is 11.9 Å². The summed E-state index contributed by atoms with van der Waals surface area (Å²) in [5, 5.41) is 9.51. The molecule has 0 spiro atoms. The Kier molecular flexibility index (Phi) is 4.91. The number of carboxylic acid groups (broad SMARTS) is 1. The first-order valence-electron chi connectivity index (χ1n) is 8.01. The molecule has 0 aromatic heterocycles. The van der Waals surface area contributed by atoms with E-state index in [1.807, 2.05) is 20.8 Å². The van der Waals surface area contributed by atoms with Crippen LogP contribution < -0.4 is 0 Å². The third kappa shape index (κ3) is 3.23. The number of carboxylic acids is 1. The summed E-state index contributed by atoms with van der Waals surface area (Å²) >= 11 is 0. The predicted molar refractivity (Wildman–Crippen MR) is 78.9 cm³/mol. The molecule has 0 aromatic carbocycles. The Bertz CT molecular complexity index is 403. The largest absolute Gasteiger partial charge is 0.481 e. The van der Waals surface area contributed by atoms with E-state index in [4.69, 9.17) is 4.74 Å². The number of aliphatic carboxylic acids is 1. The molecule has 21 heavy (non-hydrogen) atoms. The van der Waals surface area contributed by atoms with Crippen LogP contribution in [0.4, 0.5) is 0 Å². The second kappa shape index (κ2) is 6.34. The SMILES string of the molecule is CCOC1CC(CC(=O)N2CCC(C(=O)O)(C(C)C)C2)C1. The van der Waals surface area contributed by atoms with Crippen LogP contribution in [0, 0.1) is 17.3 Å². The van der Waals surface area contributed by atoms with Crippen molar-refractivity contribution < 1.29 is 19.4 Å². The Labute approximate surface area is 126 Å². The number of hydrogen-bond acceptors (Lipinski definition) is 3.